The lowest BCUT2D eigenvalue weighted by Crippen LogP contribution is -2.12. The number of nitrogens with zero attached hydrogens (tertiary/aromatic N) is 1. The van der Waals surface area contributed by atoms with Crippen molar-refractivity contribution in [3.05, 3.63) is 65.2 Å². The van der Waals surface area contributed by atoms with Crippen molar-refractivity contribution >= 4 is 10.1 Å². The number of benzene rings is 2. The van der Waals surface area contributed by atoms with Crippen LogP contribution in [0.25, 0.3) is 0 Å². The smallest absolute Gasteiger partial charge is 0.313 e. The van der Waals surface area contributed by atoms with Crippen LogP contribution in [-0.2, 0) is 27.0 Å². The Hall–Kier alpha value is -2.36. The van der Waals surface area contributed by atoms with Gasteiger partial charge in [0.05, 0.1) is 18.2 Å². The maximum atomic E-state index is 12.1. The Labute approximate surface area is 136 Å². The molecule has 0 N–H and O–H groups in total. The van der Waals surface area contributed by atoms with Crippen LogP contribution in [0.1, 0.15) is 16.7 Å². The van der Waals surface area contributed by atoms with Gasteiger partial charge in [-0.1, -0.05) is 24.3 Å². The predicted molar refractivity (Wildman–Crippen MR) is 86.4 cm³/mol. The molecule has 0 radical (unpaired) electrons. The summed E-state index contributed by atoms with van der Waals surface area (Å²) < 4.78 is 34.3. The molecule has 23 heavy (non-hydrogen) atoms. The predicted octanol–water partition coefficient (Wildman–Crippen LogP) is 2.66. The summed E-state index contributed by atoms with van der Waals surface area (Å²) in [5.41, 5.74) is 1.97. The fourth-order valence-electron chi connectivity index (χ4n) is 2.04. The molecule has 0 unspecified atom stereocenters. The molecule has 120 valence electrons. The molecule has 5 nitrogen and oxygen atoms in total. The number of methoxy groups -OCH3 is 1. The van der Waals surface area contributed by atoms with Crippen molar-refractivity contribution in [1.29, 1.82) is 5.26 Å². The molecule has 0 amide bonds. The zero-order chi connectivity index (χ0) is 16.7. The molecule has 0 aliphatic heterocycles. The van der Waals surface area contributed by atoms with E-state index in [9.17, 15) is 8.42 Å². The average molecular weight is 331 g/mol. The van der Waals surface area contributed by atoms with Gasteiger partial charge in [0.25, 0.3) is 0 Å². The first-order valence-electron chi connectivity index (χ1n) is 7.01. The number of rotatable bonds is 7. The number of ether oxygens (including phenoxy) is 1. The molecule has 0 aromatic heterocycles. The van der Waals surface area contributed by atoms with E-state index in [1.165, 1.54) is 6.07 Å². The van der Waals surface area contributed by atoms with Crippen LogP contribution in [0, 0.1) is 11.3 Å². The lowest BCUT2D eigenvalue weighted by Gasteiger charge is -2.08. The van der Waals surface area contributed by atoms with E-state index in [1.54, 1.807) is 49.6 Å². The van der Waals surface area contributed by atoms with E-state index in [0.717, 1.165) is 12.0 Å². The fourth-order valence-corrected chi connectivity index (χ4v) is 3.09. The standard InChI is InChI=1S/C17H17NO4S/c1-21-10-9-14-5-7-17(8-6-14)22-23(19,20)13-16-4-2-3-15(11-16)12-18/h2-8,11H,9-10,13H2,1H3. The van der Waals surface area contributed by atoms with Crippen molar-refractivity contribution in [2.24, 2.45) is 0 Å². The quantitative estimate of drug-likeness (QED) is 0.729. The Kier molecular flexibility index (Phi) is 5.74. The minimum atomic E-state index is -3.78. The van der Waals surface area contributed by atoms with Gasteiger partial charge in [-0.15, -0.1) is 0 Å². The van der Waals surface area contributed by atoms with Gasteiger partial charge in [-0.25, -0.2) is 0 Å². The van der Waals surface area contributed by atoms with Crippen molar-refractivity contribution < 1.29 is 17.3 Å². The third kappa shape index (κ3) is 5.40. The lowest BCUT2D eigenvalue weighted by molar-refractivity contribution is 0.202. The summed E-state index contributed by atoms with van der Waals surface area (Å²) >= 11 is 0. The van der Waals surface area contributed by atoms with E-state index in [4.69, 9.17) is 14.2 Å². The average Bonchev–Trinajstić information content (AvgIpc) is 2.53. The Balaban J connectivity index is 2.04. The van der Waals surface area contributed by atoms with Gasteiger partial charge in [0.1, 0.15) is 11.5 Å². The van der Waals surface area contributed by atoms with Crippen LogP contribution >= 0.6 is 0 Å². The second-order valence-electron chi connectivity index (χ2n) is 4.98. The summed E-state index contributed by atoms with van der Waals surface area (Å²) in [6, 6.07) is 15.3. The van der Waals surface area contributed by atoms with Gasteiger partial charge in [-0.05, 0) is 41.8 Å². The second-order valence-corrected chi connectivity index (χ2v) is 6.55. The summed E-state index contributed by atoms with van der Waals surface area (Å²) in [4.78, 5) is 0. The highest BCUT2D eigenvalue weighted by atomic mass is 32.2. The van der Waals surface area contributed by atoms with Crippen molar-refractivity contribution in [2.75, 3.05) is 13.7 Å². The highest BCUT2D eigenvalue weighted by molar-refractivity contribution is 7.86. The summed E-state index contributed by atoms with van der Waals surface area (Å²) in [7, 11) is -2.15. The Morgan fingerprint density at radius 3 is 2.48 bits per heavy atom. The molecule has 0 heterocycles. The van der Waals surface area contributed by atoms with E-state index in [2.05, 4.69) is 0 Å². The van der Waals surface area contributed by atoms with Gasteiger partial charge in [0.15, 0.2) is 0 Å². The first kappa shape index (κ1) is 17.0. The number of hydrogen-bond donors (Lipinski definition) is 0. The number of nitriles is 1. The number of hydrogen-bond acceptors (Lipinski definition) is 5. The molecule has 2 rings (SSSR count). The second kappa shape index (κ2) is 7.77. The van der Waals surface area contributed by atoms with Gasteiger partial charge in [-0.2, -0.15) is 13.7 Å². The lowest BCUT2D eigenvalue weighted by atomic mass is 10.1. The maximum Gasteiger partial charge on any atom is 0.313 e. The van der Waals surface area contributed by atoms with Crippen LogP contribution < -0.4 is 4.18 Å². The van der Waals surface area contributed by atoms with Crippen molar-refractivity contribution in [1.82, 2.24) is 0 Å². The molecule has 0 aliphatic carbocycles. The first-order chi connectivity index (χ1) is 11.0. The zero-order valence-electron chi connectivity index (χ0n) is 12.7. The van der Waals surface area contributed by atoms with Crippen LogP contribution in [0.4, 0.5) is 0 Å². The Bertz CT molecular complexity index is 792. The minimum absolute atomic E-state index is 0.266. The van der Waals surface area contributed by atoms with Crippen LogP contribution in [0.5, 0.6) is 5.75 Å². The van der Waals surface area contributed by atoms with Crippen LogP contribution in [0.15, 0.2) is 48.5 Å². The van der Waals surface area contributed by atoms with Gasteiger partial charge in [0, 0.05) is 7.11 Å². The fraction of sp³-hybridized carbons (Fsp3) is 0.235. The van der Waals surface area contributed by atoms with Crippen LogP contribution in [0.3, 0.4) is 0 Å². The van der Waals surface area contributed by atoms with Gasteiger partial charge in [-0.3, -0.25) is 0 Å². The van der Waals surface area contributed by atoms with Crippen molar-refractivity contribution in [3.63, 3.8) is 0 Å². The van der Waals surface area contributed by atoms with Crippen molar-refractivity contribution in [3.8, 4) is 11.8 Å². The molecule has 0 atom stereocenters. The third-order valence-corrected chi connectivity index (χ3v) is 4.27. The third-order valence-electron chi connectivity index (χ3n) is 3.14. The summed E-state index contributed by atoms with van der Waals surface area (Å²) in [5.74, 6) is -0.0175. The molecule has 0 bridgehead atoms. The molecular weight excluding hydrogens is 314 g/mol. The van der Waals surface area contributed by atoms with Crippen molar-refractivity contribution in [2.45, 2.75) is 12.2 Å². The van der Waals surface area contributed by atoms with E-state index in [0.29, 0.717) is 17.7 Å². The highest BCUT2D eigenvalue weighted by Crippen LogP contribution is 2.17. The first-order valence-corrected chi connectivity index (χ1v) is 8.59. The SMILES string of the molecule is COCCc1ccc(OS(=O)(=O)Cc2cccc(C#N)c2)cc1. The molecule has 0 saturated carbocycles. The molecule has 0 spiro atoms. The molecule has 2 aromatic rings. The monoisotopic (exact) mass is 331 g/mol. The summed E-state index contributed by atoms with van der Waals surface area (Å²) in [6.07, 6.45) is 0.754. The minimum Gasteiger partial charge on any atom is -0.384 e. The van der Waals surface area contributed by atoms with E-state index in [1.807, 2.05) is 6.07 Å². The van der Waals surface area contributed by atoms with E-state index in [-0.39, 0.29) is 11.5 Å². The van der Waals surface area contributed by atoms with Crippen LogP contribution in [-0.4, -0.2) is 22.1 Å². The zero-order valence-corrected chi connectivity index (χ0v) is 13.5. The molecule has 0 aliphatic rings. The van der Waals surface area contributed by atoms with E-state index >= 15 is 0 Å². The van der Waals surface area contributed by atoms with Gasteiger partial charge in [0.2, 0.25) is 0 Å². The topological polar surface area (TPSA) is 76.4 Å². The summed E-state index contributed by atoms with van der Waals surface area (Å²) in [6.45, 7) is 0.605. The van der Waals surface area contributed by atoms with Gasteiger partial charge < -0.3 is 8.92 Å². The highest BCUT2D eigenvalue weighted by Gasteiger charge is 2.14. The molecule has 0 fully saturated rings. The van der Waals surface area contributed by atoms with Gasteiger partial charge >= 0.3 is 10.1 Å². The van der Waals surface area contributed by atoms with E-state index < -0.39 is 10.1 Å². The molecule has 2 aromatic carbocycles. The van der Waals surface area contributed by atoms with Crippen LogP contribution in [0.2, 0.25) is 0 Å². The molecule has 6 heteroatoms. The molecule has 0 saturated heterocycles. The summed E-state index contributed by atoms with van der Waals surface area (Å²) in [5, 5.41) is 8.84. The normalized spacial score (nSPS) is 11.0. The molecular formula is C17H17NO4S. The largest absolute Gasteiger partial charge is 0.384 e. The Morgan fingerprint density at radius 1 is 1.09 bits per heavy atom. The maximum absolute atomic E-state index is 12.1. The Morgan fingerprint density at radius 2 is 1.83 bits per heavy atom.